The van der Waals surface area contributed by atoms with E-state index in [0.29, 0.717) is 17.5 Å². The van der Waals surface area contributed by atoms with Crippen molar-refractivity contribution in [2.45, 2.75) is 18.5 Å². The van der Waals surface area contributed by atoms with Crippen LogP contribution in [0.15, 0.2) is 22.7 Å². The third kappa shape index (κ3) is 3.85. The van der Waals surface area contributed by atoms with E-state index in [4.69, 9.17) is 0 Å². The van der Waals surface area contributed by atoms with Crippen molar-refractivity contribution >= 4 is 29.0 Å². The first-order valence-electron chi connectivity index (χ1n) is 5.61. The molecular formula is C11H14N4OS2. The molecule has 2 rings (SSSR count). The molecule has 0 saturated carbocycles. The molecule has 0 spiro atoms. The van der Waals surface area contributed by atoms with Crippen molar-refractivity contribution in [1.82, 2.24) is 20.5 Å². The van der Waals surface area contributed by atoms with E-state index < -0.39 is 0 Å². The van der Waals surface area contributed by atoms with E-state index in [9.17, 15) is 4.79 Å². The Morgan fingerprint density at radius 1 is 1.61 bits per heavy atom. The number of nitrogens with zero attached hydrogens (tertiary/aromatic N) is 2. The molecule has 2 aromatic rings. The fraction of sp³-hybridized carbons (Fsp3) is 0.364. The summed E-state index contributed by atoms with van der Waals surface area (Å²) in [6, 6.07) is 4.08. The third-order valence-electron chi connectivity index (χ3n) is 2.14. The Hall–Kier alpha value is -1.34. The Morgan fingerprint density at radius 2 is 2.50 bits per heavy atom. The molecular weight excluding hydrogens is 268 g/mol. The molecule has 2 aromatic heterocycles. The molecule has 0 atom stereocenters. The van der Waals surface area contributed by atoms with Crippen LogP contribution >= 0.6 is 23.1 Å². The van der Waals surface area contributed by atoms with Gasteiger partial charge in [0.2, 0.25) is 11.1 Å². The lowest BCUT2D eigenvalue weighted by molar-refractivity contribution is -0.118. The number of amides is 1. The van der Waals surface area contributed by atoms with Crippen molar-refractivity contribution in [2.75, 3.05) is 12.3 Å². The molecule has 0 saturated heterocycles. The van der Waals surface area contributed by atoms with Gasteiger partial charge in [0.1, 0.15) is 5.82 Å². The van der Waals surface area contributed by atoms with Gasteiger partial charge in [-0.05, 0) is 18.4 Å². The number of H-pyrrole nitrogens is 1. The Labute approximate surface area is 113 Å². The van der Waals surface area contributed by atoms with E-state index in [1.54, 1.807) is 11.3 Å². The van der Waals surface area contributed by atoms with Gasteiger partial charge in [0.05, 0.1) is 5.75 Å². The van der Waals surface area contributed by atoms with Gasteiger partial charge in [-0.3, -0.25) is 9.89 Å². The Kier molecular flexibility index (Phi) is 4.77. The normalized spacial score (nSPS) is 10.5. The topological polar surface area (TPSA) is 70.7 Å². The van der Waals surface area contributed by atoms with Crippen molar-refractivity contribution < 1.29 is 4.79 Å². The maximum atomic E-state index is 11.3. The van der Waals surface area contributed by atoms with E-state index in [-0.39, 0.29) is 5.91 Å². The fourth-order valence-corrected chi connectivity index (χ4v) is 2.73. The zero-order valence-corrected chi connectivity index (χ0v) is 11.6. The average Bonchev–Trinajstić information content (AvgIpc) is 2.99. The number of carbonyl (C=O) groups is 1. The summed E-state index contributed by atoms with van der Waals surface area (Å²) in [5.41, 5.74) is 0. The largest absolute Gasteiger partial charge is 0.356 e. The lowest BCUT2D eigenvalue weighted by atomic mass is 10.3. The number of thioether (sulfide) groups is 1. The number of carbonyl (C=O) groups excluding carboxylic acids is 1. The molecule has 0 aliphatic carbocycles. The standard InChI is InChI=1S/C11H14N4OS2/c1-2-12-10(16)7-18-11-13-9(14-15-11)6-8-4-3-5-17-8/h3-5H,2,6-7H2,1H3,(H,12,16)(H,13,14,15). The van der Waals surface area contributed by atoms with Crippen LogP contribution in [0.4, 0.5) is 0 Å². The number of rotatable bonds is 6. The van der Waals surface area contributed by atoms with E-state index in [0.717, 1.165) is 12.2 Å². The maximum Gasteiger partial charge on any atom is 0.230 e. The molecule has 7 heteroatoms. The van der Waals surface area contributed by atoms with Crippen LogP contribution < -0.4 is 5.32 Å². The quantitative estimate of drug-likeness (QED) is 0.791. The highest BCUT2D eigenvalue weighted by Crippen LogP contribution is 2.15. The summed E-state index contributed by atoms with van der Waals surface area (Å²) >= 11 is 3.03. The van der Waals surface area contributed by atoms with E-state index in [1.165, 1.54) is 16.6 Å². The van der Waals surface area contributed by atoms with Crippen LogP contribution in [0.2, 0.25) is 0 Å². The highest BCUT2D eigenvalue weighted by Gasteiger charge is 2.07. The molecule has 2 heterocycles. The lowest BCUT2D eigenvalue weighted by Crippen LogP contribution is -2.24. The van der Waals surface area contributed by atoms with Crippen molar-refractivity contribution in [3.8, 4) is 0 Å². The number of nitrogens with one attached hydrogen (secondary N) is 2. The van der Waals surface area contributed by atoms with Crippen molar-refractivity contribution in [2.24, 2.45) is 0 Å². The smallest absolute Gasteiger partial charge is 0.230 e. The van der Waals surface area contributed by atoms with Crippen LogP contribution in [0.1, 0.15) is 17.6 Å². The van der Waals surface area contributed by atoms with Crippen LogP contribution in [0, 0.1) is 0 Å². The first-order valence-corrected chi connectivity index (χ1v) is 7.47. The maximum absolute atomic E-state index is 11.3. The average molecular weight is 282 g/mol. The Morgan fingerprint density at radius 3 is 3.22 bits per heavy atom. The minimum Gasteiger partial charge on any atom is -0.356 e. The monoisotopic (exact) mass is 282 g/mol. The molecule has 5 nitrogen and oxygen atoms in total. The summed E-state index contributed by atoms with van der Waals surface area (Å²) in [6.45, 7) is 2.55. The van der Waals surface area contributed by atoms with Gasteiger partial charge < -0.3 is 5.32 Å². The second kappa shape index (κ2) is 6.55. The second-order valence-corrected chi connectivity index (χ2v) is 5.54. The highest BCUT2D eigenvalue weighted by molar-refractivity contribution is 7.99. The van der Waals surface area contributed by atoms with Gasteiger partial charge in [0.25, 0.3) is 0 Å². The van der Waals surface area contributed by atoms with Crippen LogP contribution in [-0.4, -0.2) is 33.4 Å². The van der Waals surface area contributed by atoms with Crippen molar-refractivity contribution in [3.05, 3.63) is 28.2 Å². The van der Waals surface area contributed by atoms with E-state index in [2.05, 4.69) is 26.6 Å². The van der Waals surface area contributed by atoms with Gasteiger partial charge in [0.15, 0.2) is 0 Å². The van der Waals surface area contributed by atoms with Gasteiger partial charge in [-0.15, -0.1) is 16.4 Å². The van der Waals surface area contributed by atoms with E-state index >= 15 is 0 Å². The molecule has 1 amide bonds. The van der Waals surface area contributed by atoms with Gasteiger partial charge in [0, 0.05) is 17.8 Å². The third-order valence-corrected chi connectivity index (χ3v) is 3.86. The van der Waals surface area contributed by atoms with Gasteiger partial charge in [-0.2, -0.15) is 0 Å². The van der Waals surface area contributed by atoms with Crippen LogP contribution in [-0.2, 0) is 11.2 Å². The number of hydrogen-bond acceptors (Lipinski definition) is 5. The Bertz CT molecular complexity index is 495. The fourth-order valence-electron chi connectivity index (χ4n) is 1.38. The van der Waals surface area contributed by atoms with E-state index in [1.807, 2.05) is 18.4 Å². The first kappa shape index (κ1) is 13.1. The predicted octanol–water partition coefficient (Wildman–Crippen LogP) is 1.69. The second-order valence-electron chi connectivity index (χ2n) is 3.56. The number of aromatic nitrogens is 3. The number of hydrogen-bond donors (Lipinski definition) is 2. The van der Waals surface area contributed by atoms with Crippen molar-refractivity contribution in [1.29, 1.82) is 0 Å². The summed E-state index contributed by atoms with van der Waals surface area (Å²) in [6.07, 6.45) is 0.756. The molecule has 0 aliphatic heterocycles. The molecule has 0 bridgehead atoms. The summed E-state index contributed by atoms with van der Waals surface area (Å²) in [7, 11) is 0. The summed E-state index contributed by atoms with van der Waals surface area (Å²) in [5.74, 6) is 1.19. The summed E-state index contributed by atoms with van der Waals surface area (Å²) < 4.78 is 0. The number of aromatic amines is 1. The van der Waals surface area contributed by atoms with Gasteiger partial charge in [-0.1, -0.05) is 17.8 Å². The van der Waals surface area contributed by atoms with Crippen LogP contribution in [0.5, 0.6) is 0 Å². The lowest BCUT2D eigenvalue weighted by Gasteiger charge is -1.98. The van der Waals surface area contributed by atoms with Crippen LogP contribution in [0.25, 0.3) is 0 Å². The minimum absolute atomic E-state index is 0.00658. The zero-order valence-electron chi connectivity index (χ0n) is 9.97. The summed E-state index contributed by atoms with van der Waals surface area (Å²) in [5, 5.41) is 12.4. The van der Waals surface area contributed by atoms with Crippen molar-refractivity contribution in [3.63, 3.8) is 0 Å². The molecule has 0 aromatic carbocycles. The molecule has 96 valence electrons. The molecule has 0 aliphatic rings. The molecule has 0 fully saturated rings. The SMILES string of the molecule is CCNC(=O)CSc1n[nH]c(Cc2cccs2)n1. The van der Waals surface area contributed by atoms with Gasteiger partial charge >= 0.3 is 0 Å². The summed E-state index contributed by atoms with van der Waals surface area (Å²) in [4.78, 5) is 16.9. The van der Waals surface area contributed by atoms with Gasteiger partial charge in [-0.25, -0.2) is 4.98 Å². The molecule has 0 unspecified atom stereocenters. The molecule has 0 radical (unpaired) electrons. The zero-order chi connectivity index (χ0) is 12.8. The predicted molar refractivity (Wildman–Crippen MR) is 72.9 cm³/mol. The number of thiophene rings is 1. The minimum atomic E-state index is 0.00658. The Balaban J connectivity index is 1.84. The molecule has 2 N–H and O–H groups in total. The van der Waals surface area contributed by atoms with Crippen LogP contribution in [0.3, 0.4) is 0 Å². The first-order chi connectivity index (χ1) is 8.78. The molecule has 18 heavy (non-hydrogen) atoms. The highest BCUT2D eigenvalue weighted by atomic mass is 32.2.